The number of rotatable bonds is 11. The molecule has 5 rings (SSSR count). The molecule has 212 valence electrons. The summed E-state index contributed by atoms with van der Waals surface area (Å²) in [4.78, 5) is 28.1. The van der Waals surface area contributed by atoms with Gasteiger partial charge in [0.05, 0.1) is 17.3 Å². The van der Waals surface area contributed by atoms with E-state index in [0.717, 1.165) is 23.6 Å². The fourth-order valence-corrected chi connectivity index (χ4v) is 4.52. The van der Waals surface area contributed by atoms with E-state index in [9.17, 15) is 22.8 Å². The first kappa shape index (κ1) is 27.6. The third-order valence-electron chi connectivity index (χ3n) is 6.41. The van der Waals surface area contributed by atoms with Crippen LogP contribution in [0.1, 0.15) is 38.5 Å². The normalized spacial score (nSPS) is 13.6. The minimum Gasteiger partial charge on any atom is -0.493 e. The van der Waals surface area contributed by atoms with E-state index >= 15 is 4.39 Å². The molecule has 0 bridgehead atoms. The van der Waals surface area contributed by atoms with Gasteiger partial charge in [-0.1, -0.05) is 11.6 Å². The van der Waals surface area contributed by atoms with Crippen LogP contribution in [0.25, 0.3) is 28.2 Å². The average molecular weight is 582 g/mol. The Balaban J connectivity index is 1.42. The number of aromatic nitrogens is 7. The summed E-state index contributed by atoms with van der Waals surface area (Å²) in [7, 11) is 0. The van der Waals surface area contributed by atoms with E-state index in [1.54, 1.807) is 10.9 Å². The number of hydrogen-bond donors (Lipinski definition) is 2. The zero-order valence-electron chi connectivity index (χ0n) is 21.0. The first-order chi connectivity index (χ1) is 19.1. The van der Waals surface area contributed by atoms with Crippen LogP contribution in [0.3, 0.4) is 0 Å². The number of nitrogens with zero attached hydrogens (tertiary/aromatic N) is 5. The molecule has 1 fully saturated rings. The molecule has 1 saturated carbocycles. The third-order valence-corrected chi connectivity index (χ3v) is 6.69. The Labute approximate surface area is 228 Å². The van der Waals surface area contributed by atoms with Gasteiger partial charge in [-0.2, -0.15) is 23.0 Å². The summed E-state index contributed by atoms with van der Waals surface area (Å²) < 4.78 is 59.9. The van der Waals surface area contributed by atoms with Crippen molar-refractivity contribution in [2.75, 3.05) is 6.61 Å². The number of hydrogen-bond acceptors (Lipinski definition) is 6. The minimum atomic E-state index is -4.19. The molecular weight excluding hydrogens is 558 g/mol. The van der Waals surface area contributed by atoms with Crippen LogP contribution in [-0.4, -0.2) is 47.8 Å². The van der Waals surface area contributed by atoms with E-state index in [1.165, 1.54) is 18.2 Å². The second-order valence-corrected chi connectivity index (χ2v) is 10.0. The van der Waals surface area contributed by atoms with Gasteiger partial charge in [-0.25, -0.2) is 14.3 Å². The lowest BCUT2D eigenvalue weighted by Gasteiger charge is -2.12. The van der Waals surface area contributed by atoms with Gasteiger partial charge in [0.2, 0.25) is 0 Å². The van der Waals surface area contributed by atoms with Gasteiger partial charge >= 0.3 is 11.9 Å². The molecule has 4 aromatic rings. The average Bonchev–Trinajstić information content (AvgIpc) is 3.48. The van der Waals surface area contributed by atoms with Crippen LogP contribution in [0.2, 0.25) is 5.02 Å². The summed E-state index contributed by atoms with van der Waals surface area (Å²) >= 11 is 6.49. The molecule has 15 heteroatoms. The highest BCUT2D eigenvalue weighted by Crippen LogP contribution is 2.35. The van der Waals surface area contributed by atoms with E-state index in [0.29, 0.717) is 25.3 Å². The van der Waals surface area contributed by atoms with E-state index < -0.39 is 29.7 Å². The lowest BCUT2D eigenvalue weighted by atomic mass is 10.0. The fourth-order valence-electron chi connectivity index (χ4n) is 4.27. The fraction of sp³-hybridized carbons (Fsp3) is 0.400. The lowest BCUT2D eigenvalue weighted by molar-refractivity contribution is -0.135. The summed E-state index contributed by atoms with van der Waals surface area (Å²) in [6, 6.07) is 5.46. The van der Waals surface area contributed by atoms with Crippen LogP contribution in [0, 0.1) is 11.7 Å². The zero-order valence-corrected chi connectivity index (χ0v) is 21.7. The van der Waals surface area contributed by atoms with Gasteiger partial charge in [0.1, 0.15) is 22.9 Å². The monoisotopic (exact) mass is 581 g/mol. The van der Waals surface area contributed by atoms with Gasteiger partial charge in [0.15, 0.2) is 0 Å². The maximum atomic E-state index is 15.2. The SMILES string of the molecule is O=c1[nH]c(-c2ccc(OCCCCCC(F)(F)F)cc2F)cc(-c2nn(CC3CC3)cc2Cl)c1-n1nn[nH]c1=O. The summed E-state index contributed by atoms with van der Waals surface area (Å²) in [6.07, 6.45) is -0.552. The number of pyridine rings is 1. The lowest BCUT2D eigenvalue weighted by Crippen LogP contribution is -2.25. The van der Waals surface area contributed by atoms with Crippen LogP contribution in [0.4, 0.5) is 17.6 Å². The minimum absolute atomic E-state index is 0.00481. The molecule has 0 spiro atoms. The maximum Gasteiger partial charge on any atom is 0.389 e. The van der Waals surface area contributed by atoms with Crippen molar-refractivity contribution in [2.45, 2.75) is 51.2 Å². The highest BCUT2D eigenvalue weighted by Gasteiger charge is 2.27. The smallest absolute Gasteiger partial charge is 0.389 e. The van der Waals surface area contributed by atoms with Crippen molar-refractivity contribution in [1.29, 1.82) is 0 Å². The molecular formula is C25H24ClF4N7O3. The molecule has 0 radical (unpaired) electrons. The highest BCUT2D eigenvalue weighted by atomic mass is 35.5. The maximum absolute atomic E-state index is 15.2. The Hall–Kier alpha value is -3.94. The summed E-state index contributed by atoms with van der Waals surface area (Å²) in [6.45, 7) is 0.772. The van der Waals surface area contributed by atoms with Gasteiger partial charge in [-0.15, -0.1) is 0 Å². The predicted octanol–water partition coefficient (Wildman–Crippen LogP) is 4.88. The Kier molecular flexibility index (Phi) is 7.79. The number of alkyl halides is 3. The highest BCUT2D eigenvalue weighted by molar-refractivity contribution is 6.33. The molecule has 0 atom stereocenters. The van der Waals surface area contributed by atoms with Crippen LogP contribution >= 0.6 is 11.6 Å². The first-order valence-corrected chi connectivity index (χ1v) is 13.0. The molecule has 3 aromatic heterocycles. The molecule has 10 nitrogen and oxygen atoms in total. The summed E-state index contributed by atoms with van der Waals surface area (Å²) in [5.41, 5.74) is -1.23. The number of H-pyrrole nitrogens is 2. The van der Waals surface area contributed by atoms with Crippen molar-refractivity contribution in [3.63, 3.8) is 0 Å². The Morgan fingerprint density at radius 1 is 1.10 bits per heavy atom. The number of tetrazole rings is 1. The zero-order chi connectivity index (χ0) is 28.4. The Bertz CT molecular complexity index is 1620. The van der Waals surface area contributed by atoms with Crippen LogP contribution in [0.5, 0.6) is 5.75 Å². The van der Waals surface area contributed by atoms with Gasteiger partial charge in [-0.3, -0.25) is 9.48 Å². The van der Waals surface area contributed by atoms with E-state index in [2.05, 4.69) is 25.6 Å². The Morgan fingerprint density at radius 3 is 2.58 bits per heavy atom. The van der Waals surface area contributed by atoms with Crippen LogP contribution < -0.4 is 16.0 Å². The number of unbranched alkanes of at least 4 members (excludes halogenated alkanes) is 2. The van der Waals surface area contributed by atoms with Crippen LogP contribution in [-0.2, 0) is 6.54 Å². The van der Waals surface area contributed by atoms with Crippen molar-refractivity contribution in [2.24, 2.45) is 5.92 Å². The molecule has 2 N–H and O–H groups in total. The van der Waals surface area contributed by atoms with Gasteiger partial charge < -0.3 is 9.72 Å². The standard InChI is InChI=1S/C25H24ClF4N7O3/c26-18-13-36(12-14-4-5-14)33-21(18)17-11-20(31-23(38)22(17)37-24(39)32-34-35-37)16-7-6-15(10-19(16)27)40-9-3-1-2-8-25(28,29)30/h6-7,10-11,13-14H,1-5,8-9,12H2,(H,31,38)(H,32,35,39). The van der Waals surface area contributed by atoms with E-state index in [1.807, 2.05) is 0 Å². The van der Waals surface area contributed by atoms with Crippen LogP contribution in [0.15, 0.2) is 40.1 Å². The summed E-state index contributed by atoms with van der Waals surface area (Å²) in [5, 5.41) is 14.0. The van der Waals surface area contributed by atoms with Crippen molar-refractivity contribution in [3.8, 4) is 34.0 Å². The van der Waals surface area contributed by atoms with Gasteiger partial charge in [-0.05, 0) is 66.6 Å². The molecule has 1 aromatic carbocycles. The topological polar surface area (TPSA) is 123 Å². The predicted molar refractivity (Wildman–Crippen MR) is 137 cm³/mol. The second-order valence-electron chi connectivity index (χ2n) is 9.60. The molecule has 0 amide bonds. The molecule has 0 saturated heterocycles. The molecule has 40 heavy (non-hydrogen) atoms. The molecule has 0 aliphatic heterocycles. The molecule has 0 unspecified atom stereocenters. The number of nitrogens with one attached hydrogen (secondary N) is 2. The molecule has 3 heterocycles. The van der Waals surface area contributed by atoms with Crippen molar-refractivity contribution in [1.82, 2.24) is 35.0 Å². The van der Waals surface area contributed by atoms with E-state index in [4.69, 9.17) is 16.3 Å². The van der Waals surface area contributed by atoms with Crippen molar-refractivity contribution in [3.05, 3.63) is 62.1 Å². The molecule has 1 aliphatic carbocycles. The molecule has 1 aliphatic rings. The van der Waals surface area contributed by atoms with Gasteiger partial charge in [0, 0.05) is 36.4 Å². The number of benzene rings is 1. The third kappa shape index (κ3) is 6.43. The largest absolute Gasteiger partial charge is 0.493 e. The number of ether oxygens (including phenoxy) is 1. The summed E-state index contributed by atoms with van der Waals surface area (Å²) in [5.74, 6) is -0.0361. The Morgan fingerprint density at radius 2 is 1.90 bits per heavy atom. The van der Waals surface area contributed by atoms with Crippen molar-refractivity contribution < 1.29 is 22.3 Å². The number of halogens is 5. The first-order valence-electron chi connectivity index (χ1n) is 12.6. The van der Waals surface area contributed by atoms with Gasteiger partial charge in [0.25, 0.3) is 5.56 Å². The second kappa shape index (κ2) is 11.3. The van der Waals surface area contributed by atoms with E-state index in [-0.39, 0.29) is 52.0 Å². The van der Waals surface area contributed by atoms with Crippen molar-refractivity contribution >= 4 is 11.6 Å². The number of aromatic amines is 2. The quantitative estimate of drug-likeness (QED) is 0.192.